The molecule has 41 heavy (non-hydrogen) atoms. The number of aromatic nitrogens is 2. The maximum Gasteiger partial charge on any atom is 0.326 e. The number of carboxylic acid groups (broad SMARTS) is 1. The summed E-state index contributed by atoms with van der Waals surface area (Å²) in [6.45, 7) is 3.87. The molecule has 0 aliphatic heterocycles. The zero-order valence-electron chi connectivity index (χ0n) is 23.4. The Hall–Kier alpha value is -4.46. The largest absolute Gasteiger partial charge is 0.480 e. The number of aliphatic imine (C=N–C) groups is 1. The van der Waals surface area contributed by atoms with E-state index in [0.717, 1.165) is 5.56 Å². The van der Waals surface area contributed by atoms with Gasteiger partial charge >= 0.3 is 5.97 Å². The van der Waals surface area contributed by atoms with E-state index < -0.39 is 47.9 Å². The molecule has 11 N–H and O–H groups in total. The van der Waals surface area contributed by atoms with Crippen LogP contribution in [0.4, 0.5) is 0 Å². The van der Waals surface area contributed by atoms with Crippen molar-refractivity contribution in [3.8, 4) is 0 Å². The molecule has 2 aromatic rings. The third-order valence-electron chi connectivity index (χ3n) is 6.60. The molecule has 2 rings (SSSR count). The van der Waals surface area contributed by atoms with Crippen LogP contribution >= 0.6 is 0 Å². The van der Waals surface area contributed by atoms with Gasteiger partial charge in [0, 0.05) is 31.3 Å². The molecule has 3 amide bonds. The summed E-state index contributed by atoms with van der Waals surface area (Å²) in [6.07, 6.45) is 4.27. The smallest absolute Gasteiger partial charge is 0.326 e. The van der Waals surface area contributed by atoms with Gasteiger partial charge in [-0.25, -0.2) is 9.78 Å². The van der Waals surface area contributed by atoms with Crippen molar-refractivity contribution in [2.45, 2.75) is 70.1 Å². The van der Waals surface area contributed by atoms with E-state index >= 15 is 0 Å². The van der Waals surface area contributed by atoms with Crippen molar-refractivity contribution in [1.29, 1.82) is 0 Å². The zero-order valence-corrected chi connectivity index (χ0v) is 23.4. The van der Waals surface area contributed by atoms with E-state index in [1.165, 1.54) is 6.33 Å². The number of nitrogens with zero attached hydrogens (tertiary/aromatic N) is 2. The molecule has 5 atom stereocenters. The number of hydrogen-bond donors (Lipinski definition) is 8. The van der Waals surface area contributed by atoms with Gasteiger partial charge in [-0.1, -0.05) is 50.6 Å². The quantitative estimate of drug-likeness (QED) is 0.0669. The predicted molar refractivity (Wildman–Crippen MR) is 153 cm³/mol. The van der Waals surface area contributed by atoms with Gasteiger partial charge in [0.25, 0.3) is 0 Å². The minimum Gasteiger partial charge on any atom is -0.480 e. The predicted octanol–water partition coefficient (Wildman–Crippen LogP) is -0.839. The first kappa shape index (κ1) is 32.8. The molecule has 1 aromatic heterocycles. The third kappa shape index (κ3) is 11.3. The van der Waals surface area contributed by atoms with Crippen LogP contribution in [0.1, 0.15) is 44.4 Å². The van der Waals surface area contributed by atoms with Crippen molar-refractivity contribution in [3.05, 3.63) is 54.1 Å². The lowest BCUT2D eigenvalue weighted by atomic mass is 9.96. The van der Waals surface area contributed by atoms with Crippen molar-refractivity contribution >= 4 is 29.7 Å². The van der Waals surface area contributed by atoms with Crippen LogP contribution in [0.5, 0.6) is 0 Å². The van der Waals surface area contributed by atoms with E-state index in [1.54, 1.807) is 37.4 Å². The van der Waals surface area contributed by atoms with Crippen LogP contribution in [0, 0.1) is 5.92 Å². The Morgan fingerprint density at radius 2 is 1.68 bits per heavy atom. The van der Waals surface area contributed by atoms with Crippen LogP contribution in [0.2, 0.25) is 0 Å². The molecule has 14 heteroatoms. The number of aromatic amines is 1. The van der Waals surface area contributed by atoms with E-state index in [0.29, 0.717) is 18.5 Å². The molecule has 0 spiro atoms. The normalized spacial score (nSPS) is 14.5. The molecule has 5 unspecified atom stereocenters. The maximum absolute atomic E-state index is 13.5. The number of amides is 3. The number of benzene rings is 1. The zero-order chi connectivity index (χ0) is 30.4. The first-order valence-electron chi connectivity index (χ1n) is 13.5. The summed E-state index contributed by atoms with van der Waals surface area (Å²) in [5.74, 6) is -3.43. The molecular weight excluding hydrogens is 530 g/mol. The molecule has 0 aliphatic carbocycles. The van der Waals surface area contributed by atoms with Gasteiger partial charge in [0.2, 0.25) is 17.7 Å². The lowest BCUT2D eigenvalue weighted by Gasteiger charge is -2.28. The van der Waals surface area contributed by atoms with Crippen molar-refractivity contribution in [2.75, 3.05) is 6.54 Å². The average molecular weight is 572 g/mol. The molecular formula is C27H41N9O5. The number of nitrogens with one attached hydrogen (secondary N) is 4. The second kappa shape index (κ2) is 16.6. The van der Waals surface area contributed by atoms with Crippen LogP contribution in [0.3, 0.4) is 0 Å². The highest BCUT2D eigenvalue weighted by Gasteiger charge is 2.32. The molecule has 1 heterocycles. The summed E-state index contributed by atoms with van der Waals surface area (Å²) >= 11 is 0. The number of carbonyl (C=O) groups excluding carboxylic acids is 3. The van der Waals surface area contributed by atoms with Gasteiger partial charge in [-0.05, 0) is 24.3 Å². The highest BCUT2D eigenvalue weighted by Crippen LogP contribution is 2.11. The van der Waals surface area contributed by atoms with E-state index in [9.17, 15) is 24.3 Å². The number of carbonyl (C=O) groups is 4. The van der Waals surface area contributed by atoms with Crippen molar-refractivity contribution < 1.29 is 24.3 Å². The number of rotatable bonds is 17. The van der Waals surface area contributed by atoms with Crippen LogP contribution in [0.15, 0.2) is 47.8 Å². The second-order valence-electron chi connectivity index (χ2n) is 9.86. The van der Waals surface area contributed by atoms with E-state index in [4.69, 9.17) is 17.2 Å². The minimum absolute atomic E-state index is 0.0730. The minimum atomic E-state index is -1.23. The second-order valence-corrected chi connectivity index (χ2v) is 9.86. The molecule has 0 bridgehead atoms. The molecule has 1 aromatic carbocycles. The lowest BCUT2D eigenvalue weighted by molar-refractivity contribution is -0.142. The number of hydrogen-bond acceptors (Lipinski definition) is 7. The topological polar surface area (TPSA) is 244 Å². The van der Waals surface area contributed by atoms with Crippen molar-refractivity contribution in [1.82, 2.24) is 25.9 Å². The third-order valence-corrected chi connectivity index (χ3v) is 6.60. The Kier molecular flexibility index (Phi) is 13.3. The molecule has 224 valence electrons. The van der Waals surface area contributed by atoms with E-state index in [-0.39, 0.29) is 37.7 Å². The number of carboxylic acids is 1. The summed E-state index contributed by atoms with van der Waals surface area (Å²) in [7, 11) is 0. The fraction of sp³-hybridized carbons (Fsp3) is 0.481. The van der Waals surface area contributed by atoms with E-state index in [2.05, 4.69) is 30.9 Å². The fourth-order valence-corrected chi connectivity index (χ4v) is 4.04. The Labute approximate surface area is 238 Å². The number of guanidine groups is 1. The fourth-order valence-electron chi connectivity index (χ4n) is 4.04. The summed E-state index contributed by atoms with van der Waals surface area (Å²) in [6, 6.07) is 4.71. The lowest BCUT2D eigenvalue weighted by Crippen LogP contribution is -2.59. The summed E-state index contributed by atoms with van der Waals surface area (Å²) in [5.41, 5.74) is 18.1. The molecule has 0 saturated carbocycles. The first-order valence-corrected chi connectivity index (χ1v) is 13.5. The van der Waals surface area contributed by atoms with Crippen molar-refractivity contribution in [3.63, 3.8) is 0 Å². The summed E-state index contributed by atoms with van der Waals surface area (Å²) in [5, 5.41) is 17.6. The van der Waals surface area contributed by atoms with Crippen LogP contribution in [-0.2, 0) is 32.0 Å². The van der Waals surface area contributed by atoms with Gasteiger partial charge in [-0.2, -0.15) is 0 Å². The highest BCUT2D eigenvalue weighted by atomic mass is 16.4. The van der Waals surface area contributed by atoms with Crippen LogP contribution in [0.25, 0.3) is 0 Å². The van der Waals surface area contributed by atoms with Crippen LogP contribution in [-0.4, -0.2) is 75.4 Å². The number of aliphatic carboxylic acids is 1. The van der Waals surface area contributed by atoms with Gasteiger partial charge in [-0.15, -0.1) is 0 Å². The Bertz CT molecular complexity index is 1150. The average Bonchev–Trinajstić information content (AvgIpc) is 3.45. The van der Waals surface area contributed by atoms with Gasteiger partial charge in [0.1, 0.15) is 18.1 Å². The summed E-state index contributed by atoms with van der Waals surface area (Å²) < 4.78 is 0. The Balaban J connectivity index is 2.19. The first-order chi connectivity index (χ1) is 19.5. The molecule has 14 nitrogen and oxygen atoms in total. The SMILES string of the molecule is CCC(C)C(NC(=O)C(N)Cc1cnc[nH]1)C(=O)NC(Cc1ccccc1)C(=O)NC(CCCN=C(N)N)C(=O)O. The number of imidazole rings is 1. The van der Waals surface area contributed by atoms with Gasteiger partial charge in [0.05, 0.1) is 12.4 Å². The molecule has 0 radical (unpaired) electrons. The number of H-pyrrole nitrogens is 1. The van der Waals surface area contributed by atoms with Crippen LogP contribution < -0.4 is 33.2 Å². The van der Waals surface area contributed by atoms with Crippen molar-refractivity contribution in [2.24, 2.45) is 28.1 Å². The Morgan fingerprint density at radius 1 is 1.00 bits per heavy atom. The monoisotopic (exact) mass is 571 g/mol. The Morgan fingerprint density at radius 3 is 2.27 bits per heavy atom. The summed E-state index contributed by atoms with van der Waals surface area (Å²) in [4.78, 5) is 62.2. The van der Waals surface area contributed by atoms with Gasteiger partial charge < -0.3 is 43.2 Å². The highest BCUT2D eigenvalue weighted by molar-refractivity contribution is 5.94. The van der Waals surface area contributed by atoms with E-state index in [1.807, 2.05) is 13.0 Å². The molecule has 0 aliphatic rings. The maximum atomic E-state index is 13.5. The number of nitrogens with two attached hydrogens (primary N) is 3. The van der Waals surface area contributed by atoms with Gasteiger partial charge in [-0.3, -0.25) is 19.4 Å². The molecule has 0 fully saturated rings. The molecule has 0 saturated heterocycles. The standard InChI is InChI=1S/C27H41N9O5/c1-3-16(2)22(36-23(37)19(28)13-18-14-31-15-33-18)25(39)35-21(12-17-8-5-4-6-9-17)24(38)34-20(26(40)41)10-7-11-32-27(29)30/h4-6,8-9,14-16,19-22H,3,7,10-13,28H2,1-2H3,(H,31,33)(H,34,38)(H,35,39)(H,36,37)(H,40,41)(H4,29,30,32). The van der Waals surface area contributed by atoms with Gasteiger partial charge in [0.15, 0.2) is 5.96 Å².